The molecule has 106 valence electrons. The fraction of sp³-hybridized carbons (Fsp3) is 0.800. The van der Waals surface area contributed by atoms with E-state index in [-0.39, 0.29) is 37.5 Å². The summed E-state index contributed by atoms with van der Waals surface area (Å²) in [6.45, 7) is 0.0670. The van der Waals surface area contributed by atoms with Crippen molar-refractivity contribution in [1.29, 1.82) is 0 Å². The maximum absolute atomic E-state index is 11.5. The predicted octanol–water partition coefficient (Wildman–Crippen LogP) is -0.663. The Bertz CT molecular complexity index is 378. The van der Waals surface area contributed by atoms with Gasteiger partial charge in [0.25, 0.3) is 0 Å². The Kier molecular flexibility index (Phi) is 7.53. The number of carbonyl (C=O) groups is 2. The Morgan fingerprint density at radius 3 is 2.33 bits per heavy atom. The van der Waals surface area contributed by atoms with Gasteiger partial charge in [-0.2, -0.15) is 0 Å². The Morgan fingerprint density at radius 2 is 1.83 bits per heavy atom. The van der Waals surface area contributed by atoms with Crippen LogP contribution >= 0.6 is 0 Å². The lowest BCUT2D eigenvalue weighted by atomic mass is 10.3. The monoisotopic (exact) mass is 280 g/mol. The quantitative estimate of drug-likeness (QED) is 0.596. The Balaban J connectivity index is 3.88. The Hall–Kier alpha value is -1.15. The van der Waals surface area contributed by atoms with Crippen molar-refractivity contribution in [2.75, 3.05) is 33.5 Å². The van der Waals surface area contributed by atoms with E-state index in [1.54, 1.807) is 14.1 Å². The van der Waals surface area contributed by atoms with Gasteiger partial charge in [-0.1, -0.05) is 0 Å². The van der Waals surface area contributed by atoms with Crippen molar-refractivity contribution in [3.8, 4) is 0 Å². The van der Waals surface area contributed by atoms with Crippen molar-refractivity contribution in [2.24, 2.45) is 0 Å². The van der Waals surface area contributed by atoms with E-state index in [0.29, 0.717) is 0 Å². The van der Waals surface area contributed by atoms with E-state index in [1.807, 2.05) is 0 Å². The molecule has 0 aromatic rings. The molecule has 1 amide bonds. The molecule has 0 saturated carbocycles. The third-order valence-corrected chi connectivity index (χ3v) is 3.65. The van der Waals surface area contributed by atoms with Crippen LogP contribution in [0.25, 0.3) is 0 Å². The van der Waals surface area contributed by atoms with Crippen molar-refractivity contribution in [3.63, 3.8) is 0 Å². The first-order chi connectivity index (χ1) is 8.28. The molecule has 0 fully saturated rings. The molecular formula is C10H20N2O5S. The molecule has 1 N–H and O–H groups in total. The third-order valence-electron chi connectivity index (χ3n) is 2.18. The first kappa shape index (κ1) is 16.9. The van der Waals surface area contributed by atoms with Gasteiger partial charge in [0.2, 0.25) is 15.9 Å². The fourth-order valence-electron chi connectivity index (χ4n) is 1.12. The standard InChI is InChI=1S/C10H20N2O5S/c1-12(2)9(13)6-7-11-18(15,16)8-4-5-10(14)17-3/h11H,4-8H2,1-3H3. The molecule has 0 aliphatic heterocycles. The zero-order valence-electron chi connectivity index (χ0n) is 10.9. The normalized spacial score (nSPS) is 11.1. The molecule has 0 unspecified atom stereocenters. The van der Waals surface area contributed by atoms with E-state index in [0.717, 1.165) is 0 Å². The van der Waals surface area contributed by atoms with E-state index in [9.17, 15) is 18.0 Å². The second-order valence-corrected chi connectivity index (χ2v) is 5.86. The van der Waals surface area contributed by atoms with Gasteiger partial charge in [-0.25, -0.2) is 13.1 Å². The van der Waals surface area contributed by atoms with Crippen LogP contribution in [0.3, 0.4) is 0 Å². The second-order valence-electron chi connectivity index (χ2n) is 3.93. The molecule has 0 aromatic carbocycles. The van der Waals surface area contributed by atoms with E-state index >= 15 is 0 Å². The number of hydrogen-bond donors (Lipinski definition) is 1. The summed E-state index contributed by atoms with van der Waals surface area (Å²) in [5.74, 6) is -0.738. The summed E-state index contributed by atoms with van der Waals surface area (Å²) in [7, 11) is 1.03. The Labute approximate surface area is 108 Å². The van der Waals surface area contributed by atoms with Crippen molar-refractivity contribution in [3.05, 3.63) is 0 Å². The number of carbonyl (C=O) groups excluding carboxylic acids is 2. The summed E-state index contributed by atoms with van der Waals surface area (Å²) in [6.07, 6.45) is 0.376. The molecular weight excluding hydrogens is 260 g/mol. The van der Waals surface area contributed by atoms with E-state index in [1.165, 1.54) is 12.0 Å². The molecule has 0 radical (unpaired) electrons. The van der Waals surface area contributed by atoms with Crippen molar-refractivity contribution in [2.45, 2.75) is 19.3 Å². The van der Waals surface area contributed by atoms with Gasteiger partial charge in [0, 0.05) is 33.5 Å². The maximum atomic E-state index is 11.5. The van der Waals surface area contributed by atoms with Crippen LogP contribution < -0.4 is 4.72 Å². The molecule has 0 atom stereocenters. The third kappa shape index (κ3) is 8.02. The number of sulfonamides is 1. The van der Waals surface area contributed by atoms with Gasteiger partial charge in [-0.3, -0.25) is 9.59 Å². The molecule has 0 aliphatic rings. The molecule has 0 spiro atoms. The SMILES string of the molecule is COC(=O)CCCS(=O)(=O)NCCC(=O)N(C)C. The molecule has 0 aliphatic carbocycles. The van der Waals surface area contributed by atoms with Gasteiger partial charge in [-0.05, 0) is 6.42 Å². The lowest BCUT2D eigenvalue weighted by molar-refractivity contribution is -0.140. The van der Waals surface area contributed by atoms with Crippen LogP contribution in [-0.2, 0) is 24.3 Å². The first-order valence-electron chi connectivity index (χ1n) is 5.53. The lowest BCUT2D eigenvalue weighted by Crippen LogP contribution is -2.31. The second kappa shape index (κ2) is 8.04. The van der Waals surface area contributed by atoms with Crippen LogP contribution in [0.2, 0.25) is 0 Å². The molecule has 0 heterocycles. The zero-order valence-corrected chi connectivity index (χ0v) is 11.7. The minimum Gasteiger partial charge on any atom is -0.469 e. The van der Waals surface area contributed by atoms with Crippen LogP contribution in [0.15, 0.2) is 0 Å². The van der Waals surface area contributed by atoms with Crippen molar-refractivity contribution >= 4 is 21.9 Å². The topological polar surface area (TPSA) is 92.8 Å². The van der Waals surface area contributed by atoms with Crippen molar-refractivity contribution in [1.82, 2.24) is 9.62 Å². The first-order valence-corrected chi connectivity index (χ1v) is 7.18. The minimum absolute atomic E-state index is 0.0635. The fourth-order valence-corrected chi connectivity index (χ4v) is 2.20. The van der Waals surface area contributed by atoms with Crippen LogP contribution in [-0.4, -0.2) is 58.7 Å². The largest absolute Gasteiger partial charge is 0.469 e. The van der Waals surface area contributed by atoms with Crippen LogP contribution in [0.5, 0.6) is 0 Å². The average molecular weight is 280 g/mol. The molecule has 18 heavy (non-hydrogen) atoms. The highest BCUT2D eigenvalue weighted by molar-refractivity contribution is 7.89. The van der Waals surface area contributed by atoms with Crippen LogP contribution in [0.4, 0.5) is 0 Å². The maximum Gasteiger partial charge on any atom is 0.305 e. The number of amides is 1. The van der Waals surface area contributed by atoms with Gasteiger partial charge < -0.3 is 9.64 Å². The van der Waals surface area contributed by atoms with Gasteiger partial charge in [0.05, 0.1) is 12.9 Å². The van der Waals surface area contributed by atoms with Crippen molar-refractivity contribution < 1.29 is 22.7 Å². The summed E-state index contributed by atoms with van der Waals surface area (Å²) in [4.78, 5) is 23.4. The molecule has 0 aromatic heterocycles. The number of hydrogen-bond acceptors (Lipinski definition) is 5. The predicted molar refractivity (Wildman–Crippen MR) is 66.4 cm³/mol. The van der Waals surface area contributed by atoms with Gasteiger partial charge >= 0.3 is 5.97 Å². The van der Waals surface area contributed by atoms with Crippen LogP contribution in [0, 0.1) is 0 Å². The number of methoxy groups -OCH3 is 1. The number of ether oxygens (including phenoxy) is 1. The summed E-state index contributed by atoms with van der Waals surface area (Å²) in [5.41, 5.74) is 0. The average Bonchev–Trinajstić information content (AvgIpc) is 2.27. The Morgan fingerprint density at radius 1 is 1.22 bits per heavy atom. The smallest absolute Gasteiger partial charge is 0.305 e. The number of nitrogens with one attached hydrogen (secondary N) is 1. The molecule has 7 nitrogen and oxygen atoms in total. The highest BCUT2D eigenvalue weighted by Gasteiger charge is 2.12. The highest BCUT2D eigenvalue weighted by atomic mass is 32.2. The number of nitrogens with zero attached hydrogens (tertiary/aromatic N) is 1. The van der Waals surface area contributed by atoms with Gasteiger partial charge in [0.15, 0.2) is 0 Å². The van der Waals surface area contributed by atoms with Gasteiger partial charge in [0.1, 0.15) is 0 Å². The highest BCUT2D eigenvalue weighted by Crippen LogP contribution is 1.97. The van der Waals surface area contributed by atoms with Gasteiger partial charge in [-0.15, -0.1) is 0 Å². The number of rotatable bonds is 8. The summed E-state index contributed by atoms with van der Waals surface area (Å²) < 4.78 is 29.6. The zero-order chi connectivity index (χ0) is 14.2. The number of esters is 1. The molecule has 0 rings (SSSR count). The molecule has 8 heteroatoms. The molecule has 0 saturated heterocycles. The van der Waals surface area contributed by atoms with E-state index in [4.69, 9.17) is 0 Å². The van der Waals surface area contributed by atoms with E-state index < -0.39 is 16.0 Å². The summed E-state index contributed by atoms with van der Waals surface area (Å²) in [5, 5.41) is 0. The van der Waals surface area contributed by atoms with E-state index in [2.05, 4.69) is 9.46 Å². The summed E-state index contributed by atoms with van der Waals surface area (Å²) >= 11 is 0. The molecule has 0 bridgehead atoms. The van der Waals surface area contributed by atoms with Crippen LogP contribution in [0.1, 0.15) is 19.3 Å². The lowest BCUT2D eigenvalue weighted by Gasteiger charge is -2.10. The minimum atomic E-state index is -3.44. The summed E-state index contributed by atoms with van der Waals surface area (Å²) in [6, 6.07) is 0.